The normalized spacial score (nSPS) is 16.1. The molecule has 2 aromatic heterocycles. The number of hydrogen-bond acceptors (Lipinski definition) is 4. The summed E-state index contributed by atoms with van der Waals surface area (Å²) >= 11 is 0. The highest BCUT2D eigenvalue weighted by Crippen LogP contribution is 2.50. The number of rotatable bonds is 6. The minimum Gasteiger partial charge on any atom is -0.497 e. The molecule has 0 amide bonds. The van der Waals surface area contributed by atoms with E-state index < -0.39 is 10.0 Å². The molecule has 1 fully saturated rings. The van der Waals surface area contributed by atoms with Crippen molar-refractivity contribution in [2.75, 3.05) is 13.7 Å². The molecule has 26 heavy (non-hydrogen) atoms. The summed E-state index contributed by atoms with van der Waals surface area (Å²) in [7, 11) is -1.96. The van der Waals surface area contributed by atoms with E-state index in [-0.39, 0.29) is 10.3 Å². The monoisotopic (exact) mass is 374 g/mol. The third-order valence-electron chi connectivity index (χ3n) is 5.24. The number of aromatic amines is 2. The Balaban J connectivity index is 1.63. The maximum absolute atomic E-state index is 12.7. The van der Waals surface area contributed by atoms with E-state index in [4.69, 9.17) is 4.74 Å². The number of aromatic nitrogens is 3. The molecule has 7 nitrogen and oxygen atoms in total. The van der Waals surface area contributed by atoms with Crippen molar-refractivity contribution in [3.63, 3.8) is 0 Å². The lowest BCUT2D eigenvalue weighted by Crippen LogP contribution is -2.32. The number of aryl methyl sites for hydroxylation is 2. The number of H-pyrrole nitrogens is 2. The van der Waals surface area contributed by atoms with E-state index in [1.54, 1.807) is 21.0 Å². The van der Waals surface area contributed by atoms with Crippen LogP contribution in [0.5, 0.6) is 5.75 Å². The van der Waals surface area contributed by atoms with Crippen molar-refractivity contribution in [3.05, 3.63) is 41.3 Å². The lowest BCUT2D eigenvalue weighted by Gasteiger charge is -2.16. The molecule has 8 heteroatoms. The summed E-state index contributed by atoms with van der Waals surface area (Å²) < 4.78 is 33.6. The Morgan fingerprint density at radius 2 is 2.08 bits per heavy atom. The van der Waals surface area contributed by atoms with Gasteiger partial charge < -0.3 is 9.72 Å². The lowest BCUT2D eigenvalue weighted by atomic mass is 9.95. The number of nitrogens with one attached hydrogen (secondary N) is 3. The highest BCUT2D eigenvalue weighted by Gasteiger charge is 2.46. The Morgan fingerprint density at radius 1 is 1.31 bits per heavy atom. The van der Waals surface area contributed by atoms with Gasteiger partial charge in [-0.25, -0.2) is 13.1 Å². The molecule has 0 radical (unpaired) electrons. The average molecular weight is 374 g/mol. The van der Waals surface area contributed by atoms with Crippen LogP contribution >= 0.6 is 0 Å². The van der Waals surface area contributed by atoms with Gasteiger partial charge in [-0.2, -0.15) is 5.10 Å². The largest absolute Gasteiger partial charge is 0.497 e. The molecule has 1 aromatic carbocycles. The van der Waals surface area contributed by atoms with Crippen molar-refractivity contribution in [2.45, 2.75) is 37.0 Å². The molecule has 0 unspecified atom stereocenters. The first-order valence-corrected chi connectivity index (χ1v) is 10.0. The third-order valence-corrected chi connectivity index (χ3v) is 6.91. The highest BCUT2D eigenvalue weighted by molar-refractivity contribution is 7.89. The van der Waals surface area contributed by atoms with Gasteiger partial charge >= 0.3 is 0 Å². The second kappa shape index (κ2) is 5.85. The van der Waals surface area contributed by atoms with E-state index in [1.165, 1.54) is 0 Å². The topological polar surface area (TPSA) is 99.9 Å². The fourth-order valence-corrected chi connectivity index (χ4v) is 5.09. The summed E-state index contributed by atoms with van der Waals surface area (Å²) in [4.78, 5) is 3.53. The van der Waals surface area contributed by atoms with E-state index in [0.717, 1.165) is 35.1 Å². The van der Waals surface area contributed by atoms with Crippen LogP contribution in [0.4, 0.5) is 0 Å². The third kappa shape index (κ3) is 2.69. The Hall–Kier alpha value is -2.32. The molecule has 3 N–H and O–H groups in total. The predicted molar refractivity (Wildman–Crippen MR) is 99.0 cm³/mol. The van der Waals surface area contributed by atoms with Crippen LogP contribution in [0.15, 0.2) is 29.3 Å². The van der Waals surface area contributed by atoms with Crippen molar-refractivity contribution >= 4 is 20.9 Å². The summed E-state index contributed by atoms with van der Waals surface area (Å²) in [5, 5.41) is 7.80. The first-order chi connectivity index (χ1) is 12.4. The summed E-state index contributed by atoms with van der Waals surface area (Å²) in [5.74, 6) is 0.791. The zero-order valence-electron chi connectivity index (χ0n) is 15.0. The molecule has 1 saturated carbocycles. The number of hydrogen-bond donors (Lipinski definition) is 3. The van der Waals surface area contributed by atoms with E-state index in [2.05, 4.69) is 19.9 Å². The van der Waals surface area contributed by atoms with Crippen LogP contribution in [0.2, 0.25) is 0 Å². The molecule has 0 atom stereocenters. The van der Waals surface area contributed by atoms with Gasteiger partial charge in [-0.15, -0.1) is 0 Å². The smallest absolute Gasteiger partial charge is 0.244 e. The van der Waals surface area contributed by atoms with Crippen LogP contribution in [0.3, 0.4) is 0 Å². The Morgan fingerprint density at radius 3 is 2.69 bits per heavy atom. The SMILES string of the molecule is COc1ccc2[nH]cc(C3(CNS(=O)(=O)c4c(C)n[nH]c4C)CC3)c2c1. The average Bonchev–Trinajstić information content (AvgIpc) is 3.15. The second-order valence-electron chi connectivity index (χ2n) is 6.98. The zero-order chi connectivity index (χ0) is 18.5. The molecule has 1 aliphatic rings. The maximum Gasteiger partial charge on any atom is 0.244 e. The molecule has 0 spiro atoms. The van der Waals surface area contributed by atoms with Crippen molar-refractivity contribution in [3.8, 4) is 5.75 Å². The van der Waals surface area contributed by atoms with Gasteiger partial charge in [0.1, 0.15) is 10.6 Å². The minimum absolute atomic E-state index is 0.177. The van der Waals surface area contributed by atoms with Crippen molar-refractivity contribution in [1.29, 1.82) is 0 Å². The molecule has 138 valence electrons. The van der Waals surface area contributed by atoms with E-state index in [9.17, 15) is 8.42 Å². The number of sulfonamides is 1. The van der Waals surface area contributed by atoms with Gasteiger partial charge in [0.15, 0.2) is 0 Å². The molecule has 1 aliphatic carbocycles. The molecule has 3 aromatic rings. The number of nitrogens with zero attached hydrogens (tertiary/aromatic N) is 1. The van der Waals surface area contributed by atoms with E-state index >= 15 is 0 Å². The summed E-state index contributed by atoms with van der Waals surface area (Å²) in [5.41, 5.74) is 3.02. The van der Waals surface area contributed by atoms with Crippen LogP contribution in [0.25, 0.3) is 10.9 Å². The van der Waals surface area contributed by atoms with Gasteiger partial charge in [0.05, 0.1) is 18.5 Å². The molecular weight excluding hydrogens is 352 g/mol. The Labute approximate surface area is 152 Å². The summed E-state index contributed by atoms with van der Waals surface area (Å²) in [6, 6.07) is 5.89. The number of ether oxygens (including phenoxy) is 1. The number of methoxy groups -OCH3 is 1. The van der Waals surface area contributed by atoms with E-state index in [0.29, 0.717) is 17.9 Å². The fraction of sp³-hybridized carbons (Fsp3) is 0.389. The Kier molecular flexibility index (Phi) is 3.85. The molecule has 0 saturated heterocycles. The van der Waals surface area contributed by atoms with Gasteiger partial charge in [0, 0.05) is 29.1 Å². The van der Waals surface area contributed by atoms with Crippen LogP contribution in [0.1, 0.15) is 29.8 Å². The van der Waals surface area contributed by atoms with Crippen LogP contribution in [-0.2, 0) is 15.4 Å². The number of benzene rings is 1. The standard InChI is InChI=1S/C18H22N4O3S/c1-11-17(12(2)22-21-11)26(23,24)20-10-18(6-7-18)15-9-19-16-5-4-13(25-3)8-14(15)16/h4-5,8-9,19-20H,6-7,10H2,1-3H3,(H,21,22). The van der Waals surface area contributed by atoms with Crippen molar-refractivity contribution in [2.24, 2.45) is 0 Å². The van der Waals surface area contributed by atoms with Gasteiger partial charge in [-0.1, -0.05) is 0 Å². The summed E-state index contributed by atoms with van der Waals surface area (Å²) in [6.07, 6.45) is 3.88. The Bertz CT molecular complexity index is 1060. The molecule has 4 rings (SSSR count). The first-order valence-electron chi connectivity index (χ1n) is 8.53. The molecule has 0 bridgehead atoms. The second-order valence-corrected chi connectivity index (χ2v) is 8.69. The van der Waals surface area contributed by atoms with Crippen LogP contribution in [-0.4, -0.2) is 37.3 Å². The predicted octanol–water partition coefficient (Wildman–Crippen LogP) is 2.53. The zero-order valence-corrected chi connectivity index (χ0v) is 15.8. The van der Waals surface area contributed by atoms with Crippen molar-refractivity contribution < 1.29 is 13.2 Å². The van der Waals surface area contributed by atoms with Crippen molar-refractivity contribution in [1.82, 2.24) is 19.9 Å². The van der Waals surface area contributed by atoms with Crippen LogP contribution in [0, 0.1) is 13.8 Å². The van der Waals surface area contributed by atoms with Gasteiger partial charge in [0.2, 0.25) is 10.0 Å². The van der Waals surface area contributed by atoms with Crippen LogP contribution < -0.4 is 9.46 Å². The first kappa shape index (κ1) is 17.1. The maximum atomic E-state index is 12.7. The quantitative estimate of drug-likeness (QED) is 0.617. The van der Waals surface area contributed by atoms with Gasteiger partial charge in [-0.05, 0) is 50.5 Å². The molecule has 0 aliphatic heterocycles. The van der Waals surface area contributed by atoms with Gasteiger partial charge in [-0.3, -0.25) is 5.10 Å². The summed E-state index contributed by atoms with van der Waals surface area (Å²) in [6.45, 7) is 3.77. The molecule has 2 heterocycles. The lowest BCUT2D eigenvalue weighted by molar-refractivity contribution is 0.415. The number of fused-ring (bicyclic) bond motifs is 1. The minimum atomic E-state index is -3.61. The highest BCUT2D eigenvalue weighted by atomic mass is 32.2. The fourth-order valence-electron chi connectivity index (χ4n) is 3.60. The van der Waals surface area contributed by atoms with Gasteiger partial charge in [0.25, 0.3) is 0 Å². The molecular formula is C18H22N4O3S. The van der Waals surface area contributed by atoms with E-state index in [1.807, 2.05) is 24.4 Å².